The lowest BCUT2D eigenvalue weighted by atomic mass is 9.75. The molecule has 2 saturated heterocycles. The molecule has 0 bridgehead atoms. The van der Waals surface area contributed by atoms with Gasteiger partial charge in [-0.25, -0.2) is 13.2 Å². The number of benzene rings is 1. The number of piperidine rings is 1. The number of allylic oxidation sites excluding steroid dienone is 4. The summed E-state index contributed by atoms with van der Waals surface area (Å²) >= 11 is 0. The van der Waals surface area contributed by atoms with E-state index in [4.69, 9.17) is 9.47 Å². The van der Waals surface area contributed by atoms with Crippen LogP contribution in [0.2, 0.25) is 0 Å². The monoisotopic (exact) mass is 461 g/mol. The summed E-state index contributed by atoms with van der Waals surface area (Å²) in [5.41, 5.74) is 2.38. The standard InChI is InChI=1S/C26H30F3NO3/c1-2-3-7-23(31)32-15-19-10-12-21-24(17-5-4-6-18(27)14-17)30-22-13-9-16(26(28)29)8-11-20(22)25(21)33-19/h4-6,9,11,13-14,19,21,24-26,30H,2-3,7-8,10,12,15H2,1H3/t19?,21?,24-,25?/m0/s1. The maximum atomic E-state index is 14.0. The van der Waals surface area contributed by atoms with Crippen molar-refractivity contribution in [3.05, 3.63) is 70.7 Å². The average molecular weight is 462 g/mol. The summed E-state index contributed by atoms with van der Waals surface area (Å²) in [7, 11) is 0. The van der Waals surface area contributed by atoms with Crippen molar-refractivity contribution in [3.8, 4) is 0 Å². The molecule has 1 aromatic carbocycles. The van der Waals surface area contributed by atoms with E-state index in [1.807, 2.05) is 13.0 Å². The van der Waals surface area contributed by atoms with Gasteiger partial charge in [0.2, 0.25) is 0 Å². The van der Waals surface area contributed by atoms with E-state index < -0.39 is 6.43 Å². The molecule has 1 N–H and O–H groups in total. The van der Waals surface area contributed by atoms with Gasteiger partial charge in [0.15, 0.2) is 0 Å². The zero-order valence-corrected chi connectivity index (χ0v) is 18.7. The molecule has 4 rings (SSSR count). The lowest BCUT2D eigenvalue weighted by Gasteiger charge is -2.47. The molecule has 0 amide bonds. The highest BCUT2D eigenvalue weighted by Crippen LogP contribution is 2.45. The van der Waals surface area contributed by atoms with Gasteiger partial charge in [-0.2, -0.15) is 0 Å². The van der Waals surface area contributed by atoms with Crippen molar-refractivity contribution in [2.45, 2.75) is 70.1 Å². The van der Waals surface area contributed by atoms with Crippen LogP contribution in [-0.4, -0.2) is 31.2 Å². The summed E-state index contributed by atoms with van der Waals surface area (Å²) in [5, 5.41) is 3.46. The lowest BCUT2D eigenvalue weighted by Crippen LogP contribution is -2.49. The van der Waals surface area contributed by atoms with Crippen LogP contribution in [-0.2, 0) is 14.3 Å². The van der Waals surface area contributed by atoms with Gasteiger partial charge in [-0.1, -0.05) is 37.6 Å². The van der Waals surface area contributed by atoms with E-state index in [9.17, 15) is 18.0 Å². The number of unbranched alkanes of at least 4 members (excludes halogenated alkanes) is 1. The Bertz CT molecular complexity index is 956. The first-order valence-corrected chi connectivity index (χ1v) is 11.7. The lowest BCUT2D eigenvalue weighted by molar-refractivity contribution is -0.154. The van der Waals surface area contributed by atoms with E-state index in [0.717, 1.165) is 30.4 Å². The molecule has 0 aromatic heterocycles. The number of rotatable bonds is 7. The number of esters is 1. The van der Waals surface area contributed by atoms with E-state index >= 15 is 0 Å². The van der Waals surface area contributed by atoms with Crippen molar-refractivity contribution < 1.29 is 27.4 Å². The van der Waals surface area contributed by atoms with Crippen LogP contribution >= 0.6 is 0 Å². The Hall–Kier alpha value is -2.54. The van der Waals surface area contributed by atoms with Gasteiger partial charge in [0.05, 0.1) is 18.2 Å². The van der Waals surface area contributed by atoms with Crippen LogP contribution in [0.25, 0.3) is 0 Å². The zero-order chi connectivity index (χ0) is 23.4. The Morgan fingerprint density at radius 2 is 2.12 bits per heavy atom. The van der Waals surface area contributed by atoms with Crippen LogP contribution < -0.4 is 5.32 Å². The molecular formula is C26H30F3NO3. The van der Waals surface area contributed by atoms with Crippen LogP contribution in [0.3, 0.4) is 0 Å². The van der Waals surface area contributed by atoms with Gasteiger partial charge in [-0.15, -0.1) is 0 Å². The molecule has 0 saturated carbocycles. The Kier molecular flexibility index (Phi) is 7.58. The van der Waals surface area contributed by atoms with E-state index in [-0.39, 0.29) is 54.6 Å². The van der Waals surface area contributed by atoms with Gasteiger partial charge >= 0.3 is 5.97 Å². The minimum Gasteiger partial charge on any atom is -0.463 e. The van der Waals surface area contributed by atoms with Gasteiger partial charge in [-0.05, 0) is 55.0 Å². The fraction of sp³-hybridized carbons (Fsp3) is 0.500. The van der Waals surface area contributed by atoms with Crippen molar-refractivity contribution >= 4 is 5.97 Å². The molecule has 7 heteroatoms. The SMILES string of the molecule is CCCCC(=O)OCC1CCC2C(O1)C1=CCC(C(F)F)=CC=C1N[C@H]2c1cccc(F)c1. The molecular weight excluding hydrogens is 431 g/mol. The first-order chi connectivity index (χ1) is 16.0. The number of fused-ring (bicyclic) bond motifs is 3. The Balaban J connectivity index is 1.57. The number of hydrogen-bond acceptors (Lipinski definition) is 4. The third-order valence-electron chi connectivity index (χ3n) is 6.58. The third kappa shape index (κ3) is 5.52. The van der Waals surface area contributed by atoms with Crippen molar-refractivity contribution in [2.24, 2.45) is 5.92 Å². The molecule has 33 heavy (non-hydrogen) atoms. The Labute approximate surface area is 192 Å². The summed E-state index contributed by atoms with van der Waals surface area (Å²) in [6.07, 6.45) is 5.48. The molecule has 1 aliphatic carbocycles. The normalized spacial score (nSPS) is 26.8. The maximum absolute atomic E-state index is 14.0. The van der Waals surface area contributed by atoms with Crippen LogP contribution in [0.4, 0.5) is 13.2 Å². The van der Waals surface area contributed by atoms with Gasteiger partial charge in [0.25, 0.3) is 6.43 Å². The minimum absolute atomic E-state index is 0.00431. The fourth-order valence-corrected chi connectivity index (χ4v) is 4.81. The first kappa shape index (κ1) is 23.6. The van der Waals surface area contributed by atoms with Crippen LogP contribution in [0.5, 0.6) is 0 Å². The highest BCUT2D eigenvalue weighted by atomic mass is 19.3. The van der Waals surface area contributed by atoms with E-state index in [2.05, 4.69) is 5.32 Å². The van der Waals surface area contributed by atoms with E-state index in [1.54, 1.807) is 18.2 Å². The number of ether oxygens (including phenoxy) is 2. The topological polar surface area (TPSA) is 47.6 Å². The quantitative estimate of drug-likeness (QED) is 0.524. The van der Waals surface area contributed by atoms with Crippen LogP contribution in [0, 0.1) is 11.7 Å². The van der Waals surface area contributed by atoms with Crippen molar-refractivity contribution in [3.63, 3.8) is 0 Å². The molecule has 0 spiro atoms. The van der Waals surface area contributed by atoms with Gasteiger partial charge < -0.3 is 14.8 Å². The molecule has 4 nitrogen and oxygen atoms in total. The minimum atomic E-state index is -2.53. The van der Waals surface area contributed by atoms with Crippen LogP contribution in [0.1, 0.15) is 57.1 Å². The fourth-order valence-electron chi connectivity index (χ4n) is 4.81. The zero-order valence-electron chi connectivity index (χ0n) is 18.7. The smallest absolute Gasteiger partial charge is 0.305 e. The molecule has 2 fully saturated rings. The average Bonchev–Trinajstić information content (AvgIpc) is 3.03. The molecule has 2 heterocycles. The largest absolute Gasteiger partial charge is 0.463 e. The van der Waals surface area contributed by atoms with Crippen molar-refractivity contribution in [1.82, 2.24) is 5.32 Å². The second-order valence-corrected chi connectivity index (χ2v) is 8.87. The third-order valence-corrected chi connectivity index (χ3v) is 6.58. The number of alkyl halides is 2. The Morgan fingerprint density at radius 1 is 1.27 bits per heavy atom. The Morgan fingerprint density at radius 3 is 2.88 bits per heavy atom. The predicted octanol–water partition coefficient (Wildman–Crippen LogP) is 5.77. The van der Waals surface area contributed by atoms with Crippen molar-refractivity contribution in [1.29, 1.82) is 0 Å². The van der Waals surface area contributed by atoms with Gasteiger partial charge in [-0.3, -0.25) is 4.79 Å². The molecule has 2 aliphatic heterocycles. The summed E-state index contributed by atoms with van der Waals surface area (Å²) in [5.74, 6) is -0.559. The summed E-state index contributed by atoms with van der Waals surface area (Å²) < 4.78 is 52.5. The highest BCUT2D eigenvalue weighted by molar-refractivity contribution is 5.69. The number of halogens is 3. The molecule has 3 unspecified atom stereocenters. The molecule has 0 radical (unpaired) electrons. The first-order valence-electron chi connectivity index (χ1n) is 11.7. The van der Waals surface area contributed by atoms with Crippen molar-refractivity contribution in [2.75, 3.05) is 6.61 Å². The molecule has 4 atom stereocenters. The number of nitrogens with one attached hydrogen (secondary N) is 1. The van der Waals surface area contributed by atoms with Gasteiger partial charge in [0.1, 0.15) is 12.4 Å². The predicted molar refractivity (Wildman–Crippen MR) is 119 cm³/mol. The molecule has 1 aromatic rings. The summed E-state index contributed by atoms with van der Waals surface area (Å²) in [6.45, 7) is 2.19. The van der Waals surface area contributed by atoms with Crippen LogP contribution in [0.15, 0.2) is 59.3 Å². The maximum Gasteiger partial charge on any atom is 0.305 e. The van der Waals surface area contributed by atoms with E-state index in [0.29, 0.717) is 18.5 Å². The number of hydrogen-bond donors (Lipinski definition) is 1. The second kappa shape index (κ2) is 10.6. The number of carbonyl (C=O) groups excluding carboxylic acids is 1. The molecule has 3 aliphatic rings. The summed E-state index contributed by atoms with van der Waals surface area (Å²) in [4.78, 5) is 11.9. The summed E-state index contributed by atoms with van der Waals surface area (Å²) in [6, 6.07) is 6.22. The number of carbonyl (C=O) groups is 1. The molecule has 178 valence electrons. The highest BCUT2D eigenvalue weighted by Gasteiger charge is 2.44. The second-order valence-electron chi connectivity index (χ2n) is 8.87. The van der Waals surface area contributed by atoms with E-state index in [1.165, 1.54) is 18.2 Å². The van der Waals surface area contributed by atoms with Gasteiger partial charge in [0, 0.05) is 23.6 Å².